The Morgan fingerprint density at radius 2 is 1.69 bits per heavy atom. The minimum atomic E-state index is -5.72. The molecule has 0 bridgehead atoms. The number of phosphoric acid groups is 3. The van der Waals surface area contributed by atoms with Crippen LogP contribution in [0.3, 0.4) is 0 Å². The average Bonchev–Trinajstić information content (AvgIpc) is 3.85. The zero-order valence-corrected chi connectivity index (χ0v) is 46.8. The minimum absolute atomic E-state index is 0.0400. The van der Waals surface area contributed by atoms with Crippen LogP contribution in [-0.4, -0.2) is 109 Å². The molecule has 0 radical (unpaired) electrons. The van der Waals surface area contributed by atoms with E-state index in [9.17, 15) is 52.6 Å². The highest BCUT2D eigenvalue weighted by atomic mass is 33.1. The third-order valence-corrected chi connectivity index (χ3v) is 17.3. The van der Waals surface area contributed by atoms with Crippen LogP contribution in [0.4, 0.5) is 10.5 Å². The van der Waals surface area contributed by atoms with Gasteiger partial charge in [0.1, 0.15) is 29.1 Å². The largest absolute Gasteiger partial charge is 0.490 e. The number of rotatable bonds is 26. The lowest BCUT2D eigenvalue weighted by Crippen LogP contribution is -2.34. The van der Waals surface area contributed by atoms with Crippen LogP contribution in [-0.2, 0) is 36.3 Å². The first-order valence-corrected chi connectivity index (χ1v) is 31.1. The number of nitrogens with one attached hydrogen (secondary N) is 5. The molecule has 1 fully saturated rings. The van der Waals surface area contributed by atoms with E-state index in [0.29, 0.717) is 89.9 Å². The van der Waals surface area contributed by atoms with Crippen molar-refractivity contribution in [1.82, 2.24) is 25.5 Å². The molecule has 78 heavy (non-hydrogen) atoms. The maximum atomic E-state index is 13.5. The highest BCUT2D eigenvalue weighted by Gasteiger charge is 2.41. The Labute approximate surface area is 453 Å². The molecule has 1 aromatic heterocycles. The lowest BCUT2D eigenvalue weighted by Gasteiger charge is -2.20. The molecule has 1 saturated heterocycles. The Kier molecular flexibility index (Phi) is 22.1. The van der Waals surface area contributed by atoms with Gasteiger partial charge in [0.05, 0.1) is 23.6 Å². The van der Waals surface area contributed by atoms with Crippen LogP contribution in [0.25, 0.3) is 33.4 Å². The van der Waals surface area contributed by atoms with E-state index in [1.807, 2.05) is 52.0 Å². The number of carboxylic acid groups (broad SMARTS) is 1. The van der Waals surface area contributed by atoms with Crippen molar-refractivity contribution in [3.05, 3.63) is 103 Å². The van der Waals surface area contributed by atoms with E-state index in [1.54, 1.807) is 6.07 Å². The van der Waals surface area contributed by atoms with Gasteiger partial charge in [-0.15, -0.1) is 0 Å². The summed E-state index contributed by atoms with van der Waals surface area (Å²) in [5.41, 5.74) is 3.37. The minimum Gasteiger partial charge on any atom is -0.478 e. The van der Waals surface area contributed by atoms with Gasteiger partial charge < -0.3 is 54.5 Å². The monoisotopic (exact) mass is 1180 g/mol. The van der Waals surface area contributed by atoms with Crippen molar-refractivity contribution in [2.75, 3.05) is 56.4 Å². The number of hydrogen-bond acceptors (Lipinski definition) is 18. The van der Waals surface area contributed by atoms with Crippen molar-refractivity contribution in [2.45, 2.75) is 72.1 Å². The molecule has 0 spiro atoms. The van der Waals surface area contributed by atoms with E-state index in [2.05, 4.69) is 56.4 Å². The van der Waals surface area contributed by atoms with Crippen molar-refractivity contribution in [2.24, 2.45) is 4.99 Å². The molecule has 3 aliphatic rings. The van der Waals surface area contributed by atoms with Crippen LogP contribution < -0.4 is 37.9 Å². The van der Waals surface area contributed by atoms with Gasteiger partial charge in [-0.25, -0.2) is 28.1 Å². The number of anilines is 1. The highest BCUT2D eigenvalue weighted by molar-refractivity contribution is 8.76. The normalized spacial score (nSPS) is 16.3. The van der Waals surface area contributed by atoms with Crippen LogP contribution in [0.2, 0.25) is 0 Å². The Morgan fingerprint density at radius 3 is 2.42 bits per heavy atom. The molecule has 3 aromatic rings. The summed E-state index contributed by atoms with van der Waals surface area (Å²) in [7, 11) is -13.7. The summed E-state index contributed by atoms with van der Waals surface area (Å²) >= 11 is 0. The van der Waals surface area contributed by atoms with Crippen LogP contribution in [0.15, 0.2) is 67.7 Å². The molecule has 0 saturated carbocycles. The highest BCUT2D eigenvalue weighted by Crippen LogP contribution is 2.66. The fourth-order valence-electron chi connectivity index (χ4n) is 7.96. The topological polar surface area (TPSA) is 378 Å². The molecule has 10 N–H and O–H groups in total. The number of urea groups is 1. The Morgan fingerprint density at radius 1 is 0.910 bits per heavy atom. The van der Waals surface area contributed by atoms with Gasteiger partial charge in [-0.3, -0.25) is 34.0 Å². The fraction of sp³-hybridized carbons (Fsp3) is 0.404. The number of carbonyl (C=O) groups is 3. The Hall–Kier alpha value is -5.59. The van der Waals surface area contributed by atoms with E-state index < -0.39 is 65.7 Å². The van der Waals surface area contributed by atoms with Crippen LogP contribution in [0, 0.1) is 25.8 Å². The van der Waals surface area contributed by atoms with E-state index >= 15 is 0 Å². The summed E-state index contributed by atoms with van der Waals surface area (Å²) in [5.74, 6) is 2.47. The third-order valence-electron chi connectivity index (χ3n) is 11.4. The summed E-state index contributed by atoms with van der Waals surface area (Å²) in [6.07, 6.45) is 1.40. The van der Waals surface area contributed by atoms with Gasteiger partial charge in [0.2, 0.25) is 0 Å². The molecule has 6 rings (SSSR count). The van der Waals surface area contributed by atoms with Crippen molar-refractivity contribution >= 4 is 79.6 Å². The number of amides is 3. The van der Waals surface area contributed by atoms with Gasteiger partial charge in [-0.1, -0.05) is 21.6 Å². The molecule has 1 aliphatic carbocycles. The number of fused-ring (bicyclic) bond motifs is 2. The number of H-pyrrole nitrogens is 1. The first kappa shape index (κ1) is 61.6. The molecule has 3 amide bonds. The zero-order chi connectivity index (χ0) is 56.8. The number of unbranched alkanes of at least 4 members (excludes halogenated alkanes) is 2. The molecular formula is C47H58N7O19P3S2. The van der Waals surface area contributed by atoms with Crippen molar-refractivity contribution in [3.63, 3.8) is 0 Å². The number of aryl methyl sites for hydroxylation is 2. The number of hydrogen-bond donors (Lipinski definition) is 10. The number of nitrogens with zero attached hydrogens (tertiary/aromatic N) is 2. The van der Waals surface area contributed by atoms with Gasteiger partial charge >= 0.3 is 41.2 Å². The number of carboxylic acids is 1. The molecule has 2 aromatic carbocycles. The van der Waals surface area contributed by atoms with Crippen LogP contribution >= 0.6 is 45.1 Å². The Bertz CT molecular complexity index is 3390. The molecule has 4 atom stereocenters. The number of aromatic carboxylic acids is 1. The summed E-state index contributed by atoms with van der Waals surface area (Å²) < 4.78 is 65.1. The van der Waals surface area contributed by atoms with Crippen LogP contribution in [0.1, 0.15) is 89.6 Å². The maximum absolute atomic E-state index is 13.5. The summed E-state index contributed by atoms with van der Waals surface area (Å²) in [4.78, 5) is 106. The summed E-state index contributed by atoms with van der Waals surface area (Å²) in [6, 6.07) is 14.0. The number of phosphoric ester groups is 1. The van der Waals surface area contributed by atoms with Crippen molar-refractivity contribution < 1.29 is 79.8 Å². The molecule has 31 heteroatoms. The smallest absolute Gasteiger partial charge is 0.478 e. The third kappa shape index (κ3) is 17.7. The van der Waals surface area contributed by atoms with E-state index in [0.717, 1.165) is 45.8 Å². The Balaban J connectivity index is 0.888. The molecule has 2 aliphatic heterocycles. The van der Waals surface area contributed by atoms with E-state index in [-0.39, 0.29) is 29.9 Å². The molecule has 422 valence electrons. The lowest BCUT2D eigenvalue weighted by atomic mass is 9.88. The predicted molar refractivity (Wildman–Crippen MR) is 290 cm³/mol. The predicted octanol–water partition coefficient (Wildman–Crippen LogP) is 6.31. The standard InChI is InChI=1S/C47H58N7O19P3S2/c1-5-48-37-23-39-35(20-28(37)3)42(36-21-29(4)38(49-6-2)24-40(36)71-39)34-22-30(10-12-33(34)45(57)58)43(55)50-17-19-77-78-27-68-18-9-7-8-15-51-46(59)52-16-14-31-25-54(47(60)53-44(31)56)41-13-11-32(70-41)26-69-75(64,65)73-76(66,67)72-74(61,62)63/h10,12,20-25,32,41,48H,5-9,11,13,15,17-19,26-27H2,1-4H3,(H,50,55)(H,57,58)(H,64,65)(H,66,67)(H2,51,52,59)(H,53,56,60)(H2,61,62,63)/t32-,41+/m0/s1. The second kappa shape index (κ2) is 28.0. The maximum Gasteiger partial charge on any atom is 0.490 e. The quantitative estimate of drug-likeness (QED) is 0.00551. The lowest BCUT2D eigenvalue weighted by molar-refractivity contribution is -0.0243. The van der Waals surface area contributed by atoms with Crippen LogP contribution in [0.5, 0.6) is 0 Å². The molecule has 3 heterocycles. The first-order valence-electron chi connectivity index (χ1n) is 24.1. The second-order valence-electron chi connectivity index (χ2n) is 17.1. The van der Waals surface area contributed by atoms with Gasteiger partial charge in [0.15, 0.2) is 0 Å². The number of aromatic nitrogens is 2. The number of aromatic amines is 1. The van der Waals surface area contributed by atoms with Crippen molar-refractivity contribution in [1.29, 1.82) is 0 Å². The SMILES string of the molecule is CCN=c1cc2oc3cc(NCC)c(C)cc3c(-c3cc(C(=O)NCCSSCOCCCCCNC(=O)NC#Cc4cn([C@H]5CC[C@@H](COP(=O)(O)OP(=O)(O)OP(=O)(O)O)O5)c(=O)[nH]c4=O)ccc3C(=O)O)c-2cc1C. The van der Waals surface area contributed by atoms with Gasteiger partial charge in [-0.05, 0) is 113 Å². The van der Waals surface area contributed by atoms with Crippen molar-refractivity contribution in [3.8, 4) is 34.4 Å². The van der Waals surface area contributed by atoms with Gasteiger partial charge in [0, 0.05) is 90.7 Å². The summed E-state index contributed by atoms with van der Waals surface area (Å²) in [5, 5.41) is 23.1. The number of ether oxygens (including phenoxy) is 2. The van der Waals surface area contributed by atoms with Gasteiger partial charge in [0.25, 0.3) is 11.5 Å². The first-order chi connectivity index (χ1) is 37.0. The summed E-state index contributed by atoms with van der Waals surface area (Å²) in [6.45, 7) is 9.53. The van der Waals surface area contributed by atoms with E-state index in [4.69, 9.17) is 23.7 Å². The molecular weight excluding hydrogens is 1120 g/mol. The second-order valence-corrected chi connectivity index (χ2v) is 24.1. The number of carbonyl (C=O) groups excluding carboxylic acids is 2. The molecule has 26 nitrogen and oxygen atoms in total. The van der Waals surface area contributed by atoms with Gasteiger partial charge in [-0.2, -0.15) is 8.62 Å². The zero-order valence-electron chi connectivity index (χ0n) is 42.5. The van der Waals surface area contributed by atoms with E-state index in [1.165, 1.54) is 33.7 Å². The number of benzene rings is 3. The average molecular weight is 1180 g/mol. The fourth-order valence-corrected chi connectivity index (χ4v) is 12.6. The molecule has 2 unspecified atom stereocenters.